The lowest BCUT2D eigenvalue weighted by molar-refractivity contribution is 0.0495. The van der Waals surface area contributed by atoms with E-state index < -0.39 is 23.1 Å². The van der Waals surface area contributed by atoms with Crippen LogP contribution in [0.5, 0.6) is 0 Å². The number of amides is 1. The van der Waals surface area contributed by atoms with Crippen LogP contribution in [0.3, 0.4) is 0 Å². The molecule has 3 rings (SSSR count). The van der Waals surface area contributed by atoms with Crippen LogP contribution >= 0.6 is 0 Å². The molecule has 0 saturated heterocycles. The van der Waals surface area contributed by atoms with Gasteiger partial charge in [0.15, 0.2) is 0 Å². The second kappa shape index (κ2) is 6.57. The average molecular weight is 342 g/mol. The highest BCUT2D eigenvalue weighted by Gasteiger charge is 2.28. The molecule has 0 radical (unpaired) electrons. The topological polar surface area (TPSA) is 62.2 Å². The molecule has 2 aromatic carbocycles. The molecule has 25 heavy (non-hydrogen) atoms. The Bertz CT molecular complexity index is 936. The van der Waals surface area contributed by atoms with Crippen molar-refractivity contribution in [2.45, 2.75) is 12.5 Å². The maximum absolute atomic E-state index is 13.9. The van der Waals surface area contributed by atoms with Crippen LogP contribution in [0, 0.1) is 11.6 Å². The third-order valence-corrected chi connectivity index (χ3v) is 4.02. The molecule has 0 saturated carbocycles. The minimum atomic E-state index is -1.69. The monoisotopic (exact) mass is 342 g/mol. The number of aliphatic hydroxyl groups is 1. The number of hydrogen-bond donors (Lipinski definition) is 2. The first-order valence-electron chi connectivity index (χ1n) is 7.67. The molecule has 0 spiro atoms. The lowest BCUT2D eigenvalue weighted by Crippen LogP contribution is -2.39. The molecule has 0 aliphatic carbocycles. The van der Waals surface area contributed by atoms with Crippen molar-refractivity contribution in [3.05, 3.63) is 77.6 Å². The van der Waals surface area contributed by atoms with Gasteiger partial charge in [-0.15, -0.1) is 0 Å². The summed E-state index contributed by atoms with van der Waals surface area (Å²) < 4.78 is 26.9. The van der Waals surface area contributed by atoms with Gasteiger partial charge in [0.05, 0.1) is 12.1 Å². The summed E-state index contributed by atoms with van der Waals surface area (Å²) in [6, 6.07) is 10.2. The van der Waals surface area contributed by atoms with Crippen molar-refractivity contribution in [3.8, 4) is 0 Å². The Morgan fingerprint density at radius 3 is 2.72 bits per heavy atom. The van der Waals surface area contributed by atoms with E-state index >= 15 is 0 Å². The van der Waals surface area contributed by atoms with Crippen LogP contribution in [0.4, 0.5) is 8.78 Å². The highest BCUT2D eigenvalue weighted by atomic mass is 19.1. The molecule has 128 valence electrons. The fourth-order valence-corrected chi connectivity index (χ4v) is 2.67. The number of fused-ring (bicyclic) bond motifs is 1. The number of aromatic nitrogens is 1. The van der Waals surface area contributed by atoms with E-state index in [-0.39, 0.29) is 12.1 Å². The van der Waals surface area contributed by atoms with Gasteiger partial charge in [-0.1, -0.05) is 30.3 Å². The molecule has 1 heterocycles. The van der Waals surface area contributed by atoms with Crippen LogP contribution in [0.15, 0.2) is 54.9 Å². The zero-order valence-electron chi connectivity index (χ0n) is 13.5. The number of carbonyl (C=O) groups is 1. The second-order valence-electron chi connectivity index (χ2n) is 5.99. The van der Waals surface area contributed by atoms with Gasteiger partial charge in [-0.3, -0.25) is 9.78 Å². The van der Waals surface area contributed by atoms with E-state index in [1.165, 1.54) is 13.1 Å². The molecule has 4 nitrogen and oxygen atoms in total. The fraction of sp³-hybridized carbons (Fsp3) is 0.158. The van der Waals surface area contributed by atoms with E-state index in [1.54, 1.807) is 12.3 Å². The molecule has 0 aliphatic rings. The summed E-state index contributed by atoms with van der Waals surface area (Å²) in [4.78, 5) is 16.5. The minimum absolute atomic E-state index is 0.0924. The number of carbonyl (C=O) groups excluding carboxylic acids is 1. The molecule has 0 fully saturated rings. The molecule has 1 aromatic heterocycles. The minimum Gasteiger partial charge on any atom is -0.383 e. The summed E-state index contributed by atoms with van der Waals surface area (Å²) in [5.74, 6) is -2.04. The maximum Gasteiger partial charge on any atom is 0.253 e. The van der Waals surface area contributed by atoms with Crippen molar-refractivity contribution in [1.29, 1.82) is 0 Å². The van der Waals surface area contributed by atoms with Gasteiger partial charge in [0.2, 0.25) is 0 Å². The quantitative estimate of drug-likeness (QED) is 0.766. The zero-order valence-corrected chi connectivity index (χ0v) is 13.5. The molecule has 1 unspecified atom stereocenters. The highest BCUT2D eigenvalue weighted by Crippen LogP contribution is 2.24. The van der Waals surface area contributed by atoms with E-state index in [1.807, 2.05) is 18.2 Å². The van der Waals surface area contributed by atoms with Gasteiger partial charge in [-0.25, -0.2) is 8.78 Å². The van der Waals surface area contributed by atoms with E-state index in [0.29, 0.717) is 11.6 Å². The van der Waals surface area contributed by atoms with Crippen molar-refractivity contribution in [3.63, 3.8) is 0 Å². The third-order valence-electron chi connectivity index (χ3n) is 4.02. The molecule has 6 heteroatoms. The summed E-state index contributed by atoms with van der Waals surface area (Å²) in [6.45, 7) is 1.11. The number of halogens is 2. The van der Waals surface area contributed by atoms with Crippen molar-refractivity contribution in [2.75, 3.05) is 6.54 Å². The van der Waals surface area contributed by atoms with Crippen LogP contribution in [0.2, 0.25) is 0 Å². The molecule has 3 aromatic rings. The summed E-state index contributed by atoms with van der Waals surface area (Å²) in [5.41, 5.74) is -1.43. The van der Waals surface area contributed by atoms with Gasteiger partial charge < -0.3 is 10.4 Å². The van der Waals surface area contributed by atoms with Crippen LogP contribution in [-0.4, -0.2) is 22.5 Å². The van der Waals surface area contributed by atoms with Gasteiger partial charge in [-0.2, -0.15) is 0 Å². The number of nitrogens with one attached hydrogen (secondary N) is 1. The smallest absolute Gasteiger partial charge is 0.253 e. The van der Waals surface area contributed by atoms with Crippen molar-refractivity contribution in [2.24, 2.45) is 0 Å². The summed E-state index contributed by atoms with van der Waals surface area (Å²) in [6.07, 6.45) is 3.08. The first-order chi connectivity index (χ1) is 11.9. The van der Waals surface area contributed by atoms with Crippen molar-refractivity contribution >= 4 is 16.7 Å². The first kappa shape index (κ1) is 17.0. The van der Waals surface area contributed by atoms with Crippen LogP contribution in [0.1, 0.15) is 22.8 Å². The molecule has 2 N–H and O–H groups in total. The first-order valence-corrected chi connectivity index (χ1v) is 7.67. The lowest BCUT2D eigenvalue weighted by atomic mass is 9.95. The van der Waals surface area contributed by atoms with Crippen LogP contribution in [0.25, 0.3) is 10.8 Å². The van der Waals surface area contributed by atoms with Crippen LogP contribution in [-0.2, 0) is 5.60 Å². The SMILES string of the molecule is CC(O)(CNC(=O)c1cncc2ccccc12)c1ccc(F)cc1F. The van der Waals surface area contributed by atoms with Crippen molar-refractivity contribution in [1.82, 2.24) is 10.3 Å². The molecule has 0 bridgehead atoms. The van der Waals surface area contributed by atoms with E-state index in [9.17, 15) is 18.7 Å². The number of benzene rings is 2. The van der Waals surface area contributed by atoms with Gasteiger partial charge in [0.25, 0.3) is 5.91 Å². The van der Waals surface area contributed by atoms with Gasteiger partial charge in [0.1, 0.15) is 17.2 Å². The standard InChI is InChI=1S/C19H16F2N2O2/c1-19(25,16-7-6-13(20)8-17(16)21)11-23-18(24)15-10-22-9-12-4-2-3-5-14(12)15/h2-10,25H,11H2,1H3,(H,23,24). The lowest BCUT2D eigenvalue weighted by Gasteiger charge is -2.25. The van der Waals surface area contributed by atoms with Crippen LogP contribution < -0.4 is 5.32 Å². The van der Waals surface area contributed by atoms with E-state index in [4.69, 9.17) is 0 Å². The largest absolute Gasteiger partial charge is 0.383 e. The van der Waals surface area contributed by atoms with E-state index in [0.717, 1.165) is 22.9 Å². The normalized spacial score (nSPS) is 13.4. The Kier molecular flexibility index (Phi) is 4.46. The Morgan fingerprint density at radius 1 is 1.20 bits per heavy atom. The zero-order chi connectivity index (χ0) is 18.0. The predicted octanol–water partition coefficient (Wildman–Crippen LogP) is 3.15. The number of rotatable bonds is 4. The number of pyridine rings is 1. The summed E-state index contributed by atoms with van der Waals surface area (Å²) >= 11 is 0. The Morgan fingerprint density at radius 2 is 1.96 bits per heavy atom. The average Bonchev–Trinajstić information content (AvgIpc) is 2.59. The fourth-order valence-electron chi connectivity index (χ4n) is 2.67. The molecular weight excluding hydrogens is 326 g/mol. The second-order valence-corrected chi connectivity index (χ2v) is 5.99. The summed E-state index contributed by atoms with van der Waals surface area (Å²) in [5, 5.41) is 14.6. The van der Waals surface area contributed by atoms with Gasteiger partial charge in [-0.05, 0) is 18.4 Å². The Hall–Kier alpha value is -2.86. The number of hydrogen-bond acceptors (Lipinski definition) is 3. The molecular formula is C19H16F2N2O2. The van der Waals surface area contributed by atoms with Crippen molar-refractivity contribution < 1.29 is 18.7 Å². The van der Waals surface area contributed by atoms with Gasteiger partial charge >= 0.3 is 0 Å². The molecule has 1 amide bonds. The highest BCUT2D eigenvalue weighted by molar-refractivity contribution is 6.06. The van der Waals surface area contributed by atoms with E-state index in [2.05, 4.69) is 10.3 Å². The van der Waals surface area contributed by atoms with Gasteiger partial charge in [0, 0.05) is 29.4 Å². The Labute approximate surface area is 143 Å². The molecule has 0 aliphatic heterocycles. The maximum atomic E-state index is 13.9. The number of nitrogens with zero attached hydrogens (tertiary/aromatic N) is 1. The Balaban J connectivity index is 1.81. The summed E-state index contributed by atoms with van der Waals surface area (Å²) in [7, 11) is 0. The third kappa shape index (κ3) is 3.49. The molecule has 1 atom stereocenters. The predicted molar refractivity (Wildman–Crippen MR) is 90.0 cm³/mol.